The summed E-state index contributed by atoms with van der Waals surface area (Å²) in [7, 11) is 0. The van der Waals surface area contributed by atoms with Crippen molar-refractivity contribution >= 4 is 22.9 Å². The number of carbonyl (C=O) groups excluding carboxylic acids is 1. The minimum absolute atomic E-state index is 0.139. The van der Waals surface area contributed by atoms with Crippen molar-refractivity contribution in [3.8, 4) is 5.75 Å². The number of ether oxygens (including phenoxy) is 1. The summed E-state index contributed by atoms with van der Waals surface area (Å²) in [6.07, 6.45) is 1.01. The minimum Gasteiger partial charge on any atom is -0.486 e. The van der Waals surface area contributed by atoms with Crippen LogP contribution in [0.25, 0.3) is 0 Å². The molecule has 0 bridgehead atoms. The highest BCUT2D eigenvalue weighted by Gasteiger charge is 2.15. The molecule has 0 saturated heterocycles. The van der Waals surface area contributed by atoms with Gasteiger partial charge in [0.05, 0.1) is 5.69 Å². The number of anilines is 1. The molecule has 0 atom stereocenters. The van der Waals surface area contributed by atoms with Gasteiger partial charge in [-0.05, 0) is 43.2 Å². The number of para-hydroxylation sites is 1. The highest BCUT2D eigenvalue weighted by Crippen LogP contribution is 2.22. The normalized spacial score (nSPS) is 10.5. The number of amides is 1. The highest BCUT2D eigenvalue weighted by molar-refractivity contribution is 7.13. The molecule has 0 saturated carbocycles. The van der Waals surface area contributed by atoms with Crippen LogP contribution in [0.1, 0.15) is 32.9 Å². The number of nitrogens with one attached hydrogen (secondary N) is 1. The highest BCUT2D eigenvalue weighted by atomic mass is 32.1. The Kier molecular flexibility index (Phi) is 5.46. The Labute approximate surface area is 151 Å². The van der Waals surface area contributed by atoms with Crippen molar-refractivity contribution in [1.82, 2.24) is 4.98 Å². The zero-order valence-corrected chi connectivity index (χ0v) is 15.1. The van der Waals surface area contributed by atoms with E-state index < -0.39 is 0 Å². The molecule has 4 nitrogen and oxygen atoms in total. The van der Waals surface area contributed by atoms with E-state index in [4.69, 9.17) is 4.74 Å². The van der Waals surface area contributed by atoms with Crippen LogP contribution in [0.2, 0.25) is 0 Å². The van der Waals surface area contributed by atoms with E-state index in [9.17, 15) is 4.79 Å². The van der Waals surface area contributed by atoms with Crippen LogP contribution in [0.5, 0.6) is 5.75 Å². The lowest BCUT2D eigenvalue weighted by Gasteiger charge is -2.04. The van der Waals surface area contributed by atoms with E-state index in [0.717, 1.165) is 28.6 Å². The maximum atomic E-state index is 12.4. The predicted octanol–water partition coefficient (Wildman–Crippen LogP) is 4.85. The van der Waals surface area contributed by atoms with Gasteiger partial charge in [-0.3, -0.25) is 4.79 Å². The molecule has 3 rings (SSSR count). The van der Waals surface area contributed by atoms with Crippen LogP contribution in [0.4, 0.5) is 5.69 Å². The summed E-state index contributed by atoms with van der Waals surface area (Å²) in [6.45, 7) is 4.32. The van der Waals surface area contributed by atoms with Crippen LogP contribution in [-0.4, -0.2) is 10.9 Å². The summed E-state index contributed by atoms with van der Waals surface area (Å²) in [5.41, 5.74) is 2.77. The van der Waals surface area contributed by atoms with E-state index in [1.807, 2.05) is 49.4 Å². The summed E-state index contributed by atoms with van der Waals surface area (Å²) in [4.78, 5) is 17.5. The zero-order valence-electron chi connectivity index (χ0n) is 14.3. The van der Waals surface area contributed by atoms with Gasteiger partial charge >= 0.3 is 0 Å². The van der Waals surface area contributed by atoms with Gasteiger partial charge in [-0.2, -0.15) is 0 Å². The Balaban J connectivity index is 1.64. The smallest absolute Gasteiger partial charge is 0.267 e. The molecule has 0 aliphatic rings. The van der Waals surface area contributed by atoms with Gasteiger partial charge in [0.1, 0.15) is 22.2 Å². The second-order valence-electron chi connectivity index (χ2n) is 5.63. The largest absolute Gasteiger partial charge is 0.486 e. The summed E-state index contributed by atoms with van der Waals surface area (Å²) < 4.78 is 5.77. The number of rotatable bonds is 6. The first-order chi connectivity index (χ1) is 12.2. The van der Waals surface area contributed by atoms with Crippen molar-refractivity contribution in [3.63, 3.8) is 0 Å². The number of aryl methyl sites for hydroxylation is 2. The lowest BCUT2D eigenvalue weighted by Crippen LogP contribution is -2.11. The fourth-order valence-electron chi connectivity index (χ4n) is 2.40. The topological polar surface area (TPSA) is 51.2 Å². The molecular formula is C20H20N2O2S. The van der Waals surface area contributed by atoms with Gasteiger partial charge in [-0.1, -0.05) is 37.3 Å². The van der Waals surface area contributed by atoms with Crippen LogP contribution >= 0.6 is 11.3 Å². The standard InChI is InChI=1S/C20H20N2O2S/c1-3-15-9-11-17(12-10-15)24-13-18-21-14(2)19(25-18)20(23)22-16-7-5-4-6-8-16/h4-12H,3,13H2,1-2H3,(H,22,23). The maximum absolute atomic E-state index is 12.4. The molecule has 1 N–H and O–H groups in total. The summed E-state index contributed by atoms with van der Waals surface area (Å²) in [6, 6.07) is 17.4. The van der Waals surface area contributed by atoms with E-state index in [1.54, 1.807) is 0 Å². The second kappa shape index (κ2) is 7.94. The average Bonchev–Trinajstić information content (AvgIpc) is 3.02. The first-order valence-corrected chi connectivity index (χ1v) is 9.02. The van der Waals surface area contributed by atoms with E-state index >= 15 is 0 Å². The van der Waals surface area contributed by atoms with Crippen molar-refractivity contribution in [1.29, 1.82) is 0 Å². The number of hydrogen-bond donors (Lipinski definition) is 1. The molecule has 3 aromatic rings. The average molecular weight is 352 g/mol. The molecule has 1 amide bonds. The third-order valence-electron chi connectivity index (χ3n) is 3.77. The Morgan fingerprint density at radius 1 is 1.12 bits per heavy atom. The number of nitrogens with zero attached hydrogens (tertiary/aromatic N) is 1. The number of thiazole rings is 1. The van der Waals surface area contributed by atoms with Crippen molar-refractivity contribution in [2.75, 3.05) is 5.32 Å². The number of hydrogen-bond acceptors (Lipinski definition) is 4. The summed E-state index contributed by atoms with van der Waals surface area (Å²) in [5, 5.41) is 3.68. The molecule has 25 heavy (non-hydrogen) atoms. The second-order valence-corrected chi connectivity index (χ2v) is 6.71. The van der Waals surface area contributed by atoms with Gasteiger partial charge in [0.2, 0.25) is 0 Å². The molecule has 0 unspecified atom stereocenters. The van der Waals surface area contributed by atoms with Gasteiger partial charge < -0.3 is 10.1 Å². The Morgan fingerprint density at radius 3 is 2.52 bits per heavy atom. The van der Waals surface area contributed by atoms with Crippen LogP contribution in [0.3, 0.4) is 0 Å². The van der Waals surface area contributed by atoms with Gasteiger partial charge in [0.25, 0.3) is 5.91 Å². The van der Waals surface area contributed by atoms with Crippen LogP contribution in [0, 0.1) is 6.92 Å². The summed E-state index contributed by atoms with van der Waals surface area (Å²) >= 11 is 1.37. The molecule has 0 aliphatic carbocycles. The Bertz CT molecular complexity index is 842. The number of aromatic nitrogens is 1. The number of benzene rings is 2. The zero-order chi connectivity index (χ0) is 17.6. The summed E-state index contributed by atoms with van der Waals surface area (Å²) in [5.74, 6) is 0.667. The van der Waals surface area contributed by atoms with Gasteiger partial charge in [-0.15, -0.1) is 11.3 Å². The molecule has 0 fully saturated rings. The van der Waals surface area contributed by atoms with Crippen molar-refractivity contribution in [2.45, 2.75) is 26.9 Å². The first kappa shape index (κ1) is 17.2. The molecule has 1 heterocycles. The van der Waals surface area contributed by atoms with Crippen molar-refractivity contribution < 1.29 is 9.53 Å². The van der Waals surface area contributed by atoms with Crippen molar-refractivity contribution in [2.24, 2.45) is 0 Å². The monoisotopic (exact) mass is 352 g/mol. The van der Waals surface area contributed by atoms with Crippen LogP contribution in [0.15, 0.2) is 54.6 Å². The molecular weight excluding hydrogens is 332 g/mol. The van der Waals surface area contributed by atoms with Gasteiger partial charge in [0.15, 0.2) is 0 Å². The van der Waals surface area contributed by atoms with Crippen molar-refractivity contribution in [3.05, 3.63) is 75.7 Å². The third kappa shape index (κ3) is 4.45. The molecule has 128 valence electrons. The van der Waals surface area contributed by atoms with Crippen LogP contribution < -0.4 is 10.1 Å². The molecule has 2 aromatic carbocycles. The number of carbonyl (C=O) groups is 1. The quantitative estimate of drug-likeness (QED) is 0.690. The van der Waals surface area contributed by atoms with E-state index in [2.05, 4.69) is 29.4 Å². The van der Waals surface area contributed by atoms with Gasteiger partial charge in [-0.25, -0.2) is 4.98 Å². The van der Waals surface area contributed by atoms with Gasteiger partial charge in [0, 0.05) is 5.69 Å². The van der Waals surface area contributed by atoms with E-state index in [-0.39, 0.29) is 5.91 Å². The lowest BCUT2D eigenvalue weighted by atomic mass is 10.2. The Morgan fingerprint density at radius 2 is 1.84 bits per heavy atom. The fraction of sp³-hybridized carbons (Fsp3) is 0.200. The SMILES string of the molecule is CCc1ccc(OCc2nc(C)c(C(=O)Nc3ccccc3)s2)cc1. The van der Waals surface area contributed by atoms with E-state index in [1.165, 1.54) is 16.9 Å². The predicted molar refractivity (Wildman–Crippen MR) is 101 cm³/mol. The van der Waals surface area contributed by atoms with E-state index in [0.29, 0.717) is 11.5 Å². The lowest BCUT2D eigenvalue weighted by molar-refractivity contribution is 0.103. The van der Waals surface area contributed by atoms with Crippen LogP contribution in [-0.2, 0) is 13.0 Å². The fourth-order valence-corrected chi connectivity index (χ4v) is 3.27. The minimum atomic E-state index is -0.139. The maximum Gasteiger partial charge on any atom is 0.267 e. The molecule has 5 heteroatoms. The molecule has 0 aliphatic heterocycles. The molecule has 0 spiro atoms. The first-order valence-electron chi connectivity index (χ1n) is 8.20. The molecule has 1 aromatic heterocycles. The molecule has 0 radical (unpaired) electrons. The third-order valence-corrected chi connectivity index (χ3v) is 4.90. The Hall–Kier alpha value is -2.66.